The maximum absolute atomic E-state index is 10.4. The SMILES string of the molecule is Cc1ccc(-c2ccc(CO[C@@H]3C[C@H](O)[C@@H](N4CCOCC4)C3)cc2)cc1. The van der Waals surface area contributed by atoms with Gasteiger partial charge in [0.1, 0.15) is 0 Å². The largest absolute Gasteiger partial charge is 0.391 e. The molecular weight excluding hydrogens is 338 g/mol. The molecule has 0 aromatic heterocycles. The maximum Gasteiger partial charge on any atom is 0.0721 e. The van der Waals surface area contributed by atoms with Crippen LogP contribution in [0.4, 0.5) is 0 Å². The van der Waals surface area contributed by atoms with E-state index < -0.39 is 0 Å². The molecule has 2 fully saturated rings. The summed E-state index contributed by atoms with van der Waals surface area (Å²) in [6.07, 6.45) is 1.47. The number of nitrogens with zero attached hydrogens (tertiary/aromatic N) is 1. The summed E-state index contributed by atoms with van der Waals surface area (Å²) in [5.74, 6) is 0. The third-order valence-corrected chi connectivity index (χ3v) is 5.79. The first-order chi connectivity index (χ1) is 13.2. The van der Waals surface area contributed by atoms with Gasteiger partial charge in [0.15, 0.2) is 0 Å². The van der Waals surface area contributed by atoms with Gasteiger partial charge in [-0.15, -0.1) is 0 Å². The van der Waals surface area contributed by atoms with Gasteiger partial charge in [0.2, 0.25) is 0 Å². The second-order valence-corrected chi connectivity index (χ2v) is 7.75. The molecule has 4 heteroatoms. The summed E-state index contributed by atoms with van der Waals surface area (Å²) < 4.78 is 11.5. The number of hydrogen-bond acceptors (Lipinski definition) is 4. The number of morpholine rings is 1. The fourth-order valence-electron chi connectivity index (χ4n) is 4.14. The summed E-state index contributed by atoms with van der Waals surface area (Å²) in [5.41, 5.74) is 4.91. The van der Waals surface area contributed by atoms with Crippen LogP contribution >= 0.6 is 0 Å². The van der Waals surface area contributed by atoms with Gasteiger partial charge in [-0.25, -0.2) is 0 Å². The molecule has 0 spiro atoms. The monoisotopic (exact) mass is 367 g/mol. The van der Waals surface area contributed by atoms with E-state index >= 15 is 0 Å². The van der Waals surface area contributed by atoms with Gasteiger partial charge in [-0.3, -0.25) is 4.90 Å². The van der Waals surface area contributed by atoms with Gasteiger partial charge < -0.3 is 14.6 Å². The zero-order valence-electron chi connectivity index (χ0n) is 16.0. The Balaban J connectivity index is 1.30. The Morgan fingerprint density at radius 2 is 1.59 bits per heavy atom. The lowest BCUT2D eigenvalue weighted by Gasteiger charge is -2.33. The van der Waals surface area contributed by atoms with Crippen molar-refractivity contribution in [1.29, 1.82) is 0 Å². The van der Waals surface area contributed by atoms with Gasteiger partial charge in [0.05, 0.1) is 32.0 Å². The molecule has 1 saturated carbocycles. The molecule has 27 heavy (non-hydrogen) atoms. The number of aliphatic hydroxyl groups excluding tert-OH is 1. The van der Waals surface area contributed by atoms with E-state index in [0.29, 0.717) is 6.61 Å². The standard InChI is InChI=1S/C23H29NO3/c1-17-2-6-19(7-3-17)20-8-4-18(5-9-20)16-27-21-14-22(23(25)15-21)24-10-12-26-13-11-24/h2-9,21-23,25H,10-16H2,1H3/t21-,22-,23-/m0/s1. The zero-order valence-corrected chi connectivity index (χ0v) is 16.0. The van der Waals surface area contributed by atoms with Crippen LogP contribution in [0.1, 0.15) is 24.0 Å². The van der Waals surface area contributed by atoms with Gasteiger partial charge in [0, 0.05) is 25.6 Å². The number of rotatable bonds is 5. The van der Waals surface area contributed by atoms with Crippen LogP contribution in [0.3, 0.4) is 0 Å². The van der Waals surface area contributed by atoms with E-state index in [4.69, 9.17) is 9.47 Å². The van der Waals surface area contributed by atoms with Gasteiger partial charge >= 0.3 is 0 Å². The number of benzene rings is 2. The van der Waals surface area contributed by atoms with Crippen LogP contribution in [-0.4, -0.2) is 54.6 Å². The third kappa shape index (κ3) is 4.58. The molecule has 1 N–H and O–H groups in total. The Bertz CT molecular complexity index is 722. The molecule has 2 aliphatic rings. The van der Waals surface area contributed by atoms with Crippen LogP contribution in [-0.2, 0) is 16.1 Å². The van der Waals surface area contributed by atoms with E-state index in [9.17, 15) is 5.11 Å². The molecule has 0 unspecified atom stereocenters. The minimum Gasteiger partial charge on any atom is -0.391 e. The number of hydrogen-bond donors (Lipinski definition) is 1. The van der Waals surface area contributed by atoms with E-state index in [0.717, 1.165) is 39.1 Å². The average molecular weight is 367 g/mol. The van der Waals surface area contributed by atoms with Crippen LogP contribution in [0.2, 0.25) is 0 Å². The van der Waals surface area contributed by atoms with Crippen molar-refractivity contribution in [2.75, 3.05) is 26.3 Å². The number of aryl methyl sites for hydroxylation is 1. The topological polar surface area (TPSA) is 41.9 Å². The molecule has 3 atom stereocenters. The summed E-state index contributed by atoms with van der Waals surface area (Å²) >= 11 is 0. The molecule has 0 amide bonds. The molecule has 4 rings (SSSR count). The van der Waals surface area contributed by atoms with Crippen molar-refractivity contribution in [2.45, 2.75) is 44.6 Å². The Morgan fingerprint density at radius 3 is 2.26 bits per heavy atom. The van der Waals surface area contributed by atoms with Crippen molar-refractivity contribution in [3.8, 4) is 11.1 Å². The summed E-state index contributed by atoms with van der Waals surface area (Å²) in [4.78, 5) is 2.36. The summed E-state index contributed by atoms with van der Waals surface area (Å²) in [7, 11) is 0. The molecule has 1 saturated heterocycles. The molecule has 1 aliphatic carbocycles. The second kappa shape index (κ2) is 8.53. The van der Waals surface area contributed by atoms with Crippen LogP contribution in [0, 0.1) is 6.92 Å². The molecule has 144 valence electrons. The highest BCUT2D eigenvalue weighted by Crippen LogP contribution is 2.28. The number of ether oxygens (including phenoxy) is 2. The van der Waals surface area contributed by atoms with Crippen molar-refractivity contribution in [1.82, 2.24) is 4.90 Å². The normalized spacial score (nSPS) is 26.4. The smallest absolute Gasteiger partial charge is 0.0721 e. The van der Waals surface area contributed by atoms with Gasteiger partial charge in [-0.2, -0.15) is 0 Å². The lowest BCUT2D eigenvalue weighted by molar-refractivity contribution is -0.0121. The molecular formula is C23H29NO3. The van der Waals surface area contributed by atoms with E-state index in [1.54, 1.807) is 0 Å². The van der Waals surface area contributed by atoms with Crippen molar-refractivity contribution in [3.05, 3.63) is 59.7 Å². The minimum atomic E-state index is -0.294. The van der Waals surface area contributed by atoms with Crippen molar-refractivity contribution < 1.29 is 14.6 Å². The highest BCUT2D eigenvalue weighted by Gasteiger charge is 2.37. The molecule has 0 radical (unpaired) electrons. The Morgan fingerprint density at radius 1 is 0.963 bits per heavy atom. The average Bonchev–Trinajstić information content (AvgIpc) is 3.09. The van der Waals surface area contributed by atoms with Crippen molar-refractivity contribution in [2.24, 2.45) is 0 Å². The van der Waals surface area contributed by atoms with Crippen LogP contribution < -0.4 is 0 Å². The lowest BCUT2D eigenvalue weighted by Crippen LogP contribution is -2.46. The quantitative estimate of drug-likeness (QED) is 0.879. The Hall–Kier alpha value is -1.72. The highest BCUT2D eigenvalue weighted by atomic mass is 16.5. The fraction of sp³-hybridized carbons (Fsp3) is 0.478. The van der Waals surface area contributed by atoms with Crippen molar-refractivity contribution in [3.63, 3.8) is 0 Å². The van der Waals surface area contributed by atoms with E-state index in [1.165, 1.54) is 22.3 Å². The molecule has 2 aromatic carbocycles. The second-order valence-electron chi connectivity index (χ2n) is 7.75. The predicted molar refractivity (Wildman–Crippen MR) is 107 cm³/mol. The van der Waals surface area contributed by atoms with E-state index in [2.05, 4.69) is 60.4 Å². The first-order valence-electron chi connectivity index (χ1n) is 9.96. The maximum atomic E-state index is 10.4. The van der Waals surface area contributed by atoms with E-state index in [1.807, 2.05) is 0 Å². The first kappa shape index (κ1) is 18.6. The zero-order chi connectivity index (χ0) is 18.6. The molecule has 1 heterocycles. The van der Waals surface area contributed by atoms with Crippen LogP contribution in [0.15, 0.2) is 48.5 Å². The van der Waals surface area contributed by atoms with Crippen molar-refractivity contribution >= 4 is 0 Å². The summed E-state index contributed by atoms with van der Waals surface area (Å²) in [6.45, 7) is 6.06. The number of aliphatic hydroxyl groups is 1. The van der Waals surface area contributed by atoms with Crippen LogP contribution in [0.25, 0.3) is 11.1 Å². The molecule has 4 nitrogen and oxygen atoms in total. The first-order valence-corrected chi connectivity index (χ1v) is 9.96. The lowest BCUT2D eigenvalue weighted by atomic mass is 10.0. The third-order valence-electron chi connectivity index (χ3n) is 5.79. The Labute approximate surface area is 161 Å². The van der Waals surface area contributed by atoms with Gasteiger partial charge in [-0.05, 0) is 30.0 Å². The predicted octanol–water partition coefficient (Wildman–Crippen LogP) is 3.40. The van der Waals surface area contributed by atoms with Gasteiger partial charge in [-0.1, -0.05) is 54.1 Å². The van der Waals surface area contributed by atoms with Gasteiger partial charge in [0.25, 0.3) is 0 Å². The summed E-state index contributed by atoms with van der Waals surface area (Å²) in [5, 5.41) is 10.4. The molecule has 2 aromatic rings. The summed E-state index contributed by atoms with van der Waals surface area (Å²) in [6, 6.07) is 17.4. The van der Waals surface area contributed by atoms with E-state index in [-0.39, 0.29) is 18.2 Å². The van der Waals surface area contributed by atoms with Crippen LogP contribution in [0.5, 0.6) is 0 Å². The molecule has 1 aliphatic heterocycles. The minimum absolute atomic E-state index is 0.129. The highest BCUT2D eigenvalue weighted by molar-refractivity contribution is 5.63. The molecule has 0 bridgehead atoms. The Kier molecular flexibility index (Phi) is 5.89. The fourth-order valence-corrected chi connectivity index (χ4v) is 4.14.